The van der Waals surface area contributed by atoms with Gasteiger partial charge in [-0.05, 0) is 68.9 Å². The van der Waals surface area contributed by atoms with Gasteiger partial charge in [0.05, 0.1) is 17.2 Å². The summed E-state index contributed by atoms with van der Waals surface area (Å²) in [6.07, 6.45) is 16.3. The number of aliphatic imine (C=N–C) groups is 1. The summed E-state index contributed by atoms with van der Waals surface area (Å²) in [5, 5.41) is 1.20. The van der Waals surface area contributed by atoms with Gasteiger partial charge in [-0.1, -0.05) is 39.0 Å². The van der Waals surface area contributed by atoms with Crippen LogP contribution in [0.1, 0.15) is 20.8 Å². The van der Waals surface area contributed by atoms with E-state index in [1.54, 1.807) is 11.8 Å². The Morgan fingerprint density at radius 1 is 0.926 bits per heavy atom. The summed E-state index contributed by atoms with van der Waals surface area (Å²) >= 11 is 1.76. The van der Waals surface area contributed by atoms with Gasteiger partial charge in [0.25, 0.3) is 0 Å². The van der Waals surface area contributed by atoms with E-state index in [-0.39, 0.29) is 28.5 Å². The number of hydrogen-bond acceptors (Lipinski definition) is 3. The molecule has 0 N–H and O–H groups in total. The quantitative estimate of drug-likeness (QED) is 0.614. The average Bonchev–Trinajstić information content (AvgIpc) is 3.38. The predicted octanol–water partition coefficient (Wildman–Crippen LogP) is 5.37. The molecule has 4 heteroatoms. The van der Waals surface area contributed by atoms with Crippen molar-refractivity contribution in [1.82, 2.24) is 0 Å². The van der Waals surface area contributed by atoms with Crippen molar-refractivity contribution in [2.75, 3.05) is 6.61 Å². The van der Waals surface area contributed by atoms with Crippen molar-refractivity contribution in [3.05, 3.63) is 92.9 Å². The van der Waals surface area contributed by atoms with Gasteiger partial charge in [-0.15, -0.1) is 11.8 Å². The Bertz CT molecular complexity index is 572. The summed E-state index contributed by atoms with van der Waals surface area (Å²) in [6, 6.07) is 10.6. The van der Waals surface area contributed by atoms with Crippen LogP contribution in [0.3, 0.4) is 0 Å². The molecule has 140 valence electrons. The third-order valence-electron chi connectivity index (χ3n) is 4.18. The second-order valence-corrected chi connectivity index (χ2v) is 8.42. The molecule has 2 nitrogen and oxygen atoms in total. The van der Waals surface area contributed by atoms with Gasteiger partial charge < -0.3 is 4.74 Å². The van der Waals surface area contributed by atoms with Crippen molar-refractivity contribution in [2.24, 2.45) is 10.4 Å². The number of ether oxygens (including phenoxy) is 1. The van der Waals surface area contributed by atoms with E-state index in [0.717, 1.165) is 11.8 Å². The van der Waals surface area contributed by atoms with Gasteiger partial charge >= 0.3 is 17.1 Å². The van der Waals surface area contributed by atoms with Crippen LogP contribution in [0.5, 0.6) is 0 Å². The van der Waals surface area contributed by atoms with E-state index in [0.29, 0.717) is 6.61 Å². The van der Waals surface area contributed by atoms with Crippen LogP contribution in [0, 0.1) is 67.9 Å². The topological polar surface area (TPSA) is 21.6 Å². The first kappa shape index (κ1) is 22.8. The first-order valence-electron chi connectivity index (χ1n) is 8.90. The van der Waals surface area contributed by atoms with Gasteiger partial charge in [0, 0.05) is 4.90 Å². The van der Waals surface area contributed by atoms with Gasteiger partial charge in [0.15, 0.2) is 5.90 Å². The molecule has 2 fully saturated rings. The van der Waals surface area contributed by atoms with Crippen molar-refractivity contribution >= 4 is 17.7 Å². The van der Waals surface area contributed by atoms with Crippen LogP contribution >= 0.6 is 11.8 Å². The van der Waals surface area contributed by atoms with Crippen molar-refractivity contribution in [3.63, 3.8) is 0 Å². The van der Waals surface area contributed by atoms with Crippen LogP contribution in [-0.4, -0.2) is 18.5 Å². The zero-order chi connectivity index (χ0) is 18.4. The molecule has 10 radical (unpaired) electrons. The van der Waals surface area contributed by atoms with Gasteiger partial charge in [-0.3, -0.25) is 0 Å². The molecule has 1 aliphatic heterocycles. The van der Waals surface area contributed by atoms with Crippen LogP contribution in [0.2, 0.25) is 0 Å². The Morgan fingerprint density at radius 3 is 2.11 bits per heavy atom. The molecule has 1 atom stereocenters. The maximum absolute atomic E-state index is 5.85. The summed E-state index contributed by atoms with van der Waals surface area (Å²) in [5.41, 5.74) is 0.140. The third kappa shape index (κ3) is 6.83. The second kappa shape index (κ2) is 10.9. The standard InChI is InChI=1S/C18H20NOS.C5H5.Fe/c1-18(2,3)16-12-20-17(19-16)14-10-7-11-15(14)21-13-8-5-4-6-9-13;1-2-4-5-3-1;/h4-11,16H,12H2,1-3H3;1-5H;/q;;+2/t16-;;/m1../s1. The molecular weight excluding hydrogens is 394 g/mol. The van der Waals surface area contributed by atoms with E-state index in [1.165, 1.54) is 10.1 Å². The van der Waals surface area contributed by atoms with E-state index in [4.69, 9.17) is 9.73 Å². The van der Waals surface area contributed by atoms with Crippen molar-refractivity contribution < 1.29 is 21.8 Å². The number of nitrogens with zero attached hydrogens (tertiary/aromatic N) is 1. The molecule has 1 aromatic rings. The minimum Gasteiger partial charge on any atom is -0.478 e. The van der Waals surface area contributed by atoms with Crippen LogP contribution in [0.4, 0.5) is 0 Å². The average molecular weight is 419 g/mol. The second-order valence-electron chi connectivity index (χ2n) is 7.31. The Labute approximate surface area is 180 Å². The Balaban J connectivity index is 0.000000379. The molecule has 1 heterocycles. The summed E-state index contributed by atoms with van der Waals surface area (Å²) in [6.45, 7) is 7.30. The zero-order valence-corrected chi connectivity index (χ0v) is 17.8. The van der Waals surface area contributed by atoms with Gasteiger partial charge in [-0.2, -0.15) is 0 Å². The number of hydrogen-bond donors (Lipinski definition) is 0. The predicted molar refractivity (Wildman–Crippen MR) is 110 cm³/mol. The fourth-order valence-corrected chi connectivity index (χ4v) is 3.53. The molecule has 2 aliphatic carbocycles. The monoisotopic (exact) mass is 419 g/mol. The maximum atomic E-state index is 5.85. The fraction of sp³-hybridized carbons (Fsp3) is 0.261. The molecule has 3 aliphatic rings. The number of rotatable bonds is 3. The Hall–Kier alpha value is -0.441. The van der Waals surface area contributed by atoms with Crippen LogP contribution in [0.15, 0.2) is 40.2 Å². The van der Waals surface area contributed by atoms with E-state index >= 15 is 0 Å². The SMILES string of the molecule is CC(C)(C)[C@H]1COC([C]2[CH][CH][CH][C]2Sc2ccccc2)=N1.[CH]1[CH][CH][CH][CH]1.[Fe+2]. The number of thioether (sulfide) groups is 1. The Kier molecular flexibility index (Phi) is 9.25. The minimum atomic E-state index is 0. The molecule has 0 aromatic heterocycles. The van der Waals surface area contributed by atoms with E-state index in [9.17, 15) is 0 Å². The van der Waals surface area contributed by atoms with E-state index in [2.05, 4.69) is 64.3 Å². The van der Waals surface area contributed by atoms with Crippen LogP contribution in [-0.2, 0) is 21.8 Å². The normalized spacial score (nSPS) is 23.2. The van der Waals surface area contributed by atoms with Crippen molar-refractivity contribution in [1.29, 1.82) is 0 Å². The molecule has 4 rings (SSSR count). The first-order valence-corrected chi connectivity index (χ1v) is 9.72. The van der Waals surface area contributed by atoms with E-state index < -0.39 is 0 Å². The molecule has 0 saturated heterocycles. The summed E-state index contributed by atoms with van der Waals surface area (Å²) in [7, 11) is 0. The summed E-state index contributed by atoms with van der Waals surface area (Å²) in [5.74, 6) is 1.90. The van der Waals surface area contributed by atoms with Crippen molar-refractivity contribution in [3.8, 4) is 0 Å². The minimum absolute atomic E-state index is 0. The van der Waals surface area contributed by atoms with E-state index in [1.807, 2.05) is 38.2 Å². The molecule has 0 bridgehead atoms. The molecule has 0 spiro atoms. The largest absolute Gasteiger partial charge is 2.00 e. The van der Waals surface area contributed by atoms with Gasteiger partial charge in [-0.25, -0.2) is 4.99 Å². The van der Waals surface area contributed by atoms with Crippen LogP contribution in [0.25, 0.3) is 0 Å². The fourth-order valence-electron chi connectivity index (χ4n) is 2.57. The van der Waals surface area contributed by atoms with Crippen molar-refractivity contribution in [2.45, 2.75) is 31.7 Å². The first-order chi connectivity index (χ1) is 12.5. The number of benzene rings is 1. The molecule has 1 aromatic carbocycles. The molecule has 0 unspecified atom stereocenters. The van der Waals surface area contributed by atoms with Gasteiger partial charge in [0.1, 0.15) is 6.61 Å². The Morgan fingerprint density at radius 2 is 1.56 bits per heavy atom. The maximum Gasteiger partial charge on any atom is 2.00 e. The van der Waals surface area contributed by atoms with Gasteiger partial charge in [0.2, 0.25) is 0 Å². The zero-order valence-electron chi connectivity index (χ0n) is 15.9. The molecular formula is C23H25FeNOS+2. The summed E-state index contributed by atoms with van der Waals surface area (Å²) in [4.78, 5) is 6.02. The molecule has 2 saturated carbocycles. The third-order valence-corrected chi connectivity index (χ3v) is 5.27. The molecule has 0 amide bonds. The summed E-state index contributed by atoms with van der Waals surface area (Å²) < 4.78 is 5.85. The molecule has 27 heavy (non-hydrogen) atoms. The smallest absolute Gasteiger partial charge is 0.478 e. The van der Waals surface area contributed by atoms with Crippen LogP contribution < -0.4 is 0 Å².